The zero-order chi connectivity index (χ0) is 14.9. The predicted molar refractivity (Wildman–Crippen MR) is 80.2 cm³/mol. The summed E-state index contributed by atoms with van der Waals surface area (Å²) < 4.78 is 13.6. The van der Waals surface area contributed by atoms with Gasteiger partial charge in [0, 0.05) is 5.56 Å². The summed E-state index contributed by atoms with van der Waals surface area (Å²) in [4.78, 5) is 12.0. The lowest BCUT2D eigenvalue weighted by atomic mass is 10.2. The number of amides is 1. The van der Waals surface area contributed by atoms with Crippen LogP contribution in [-0.4, -0.2) is 5.91 Å². The third-order valence-electron chi connectivity index (χ3n) is 2.52. The van der Waals surface area contributed by atoms with Crippen LogP contribution in [-0.2, 0) is 0 Å². The molecule has 0 saturated carbocycles. The normalized spacial score (nSPS) is 10.4. The molecule has 0 unspecified atom stereocenters. The lowest BCUT2D eigenvalue weighted by molar-refractivity contribution is 0.102. The highest BCUT2D eigenvalue weighted by Crippen LogP contribution is 2.30. The fourth-order valence-electron chi connectivity index (χ4n) is 1.54. The number of benzene rings is 2. The molecule has 1 amide bonds. The Morgan fingerprint density at radius 3 is 2.45 bits per heavy atom. The first-order valence-corrected chi connectivity index (χ1v) is 6.53. The van der Waals surface area contributed by atoms with Crippen LogP contribution in [0.1, 0.15) is 10.4 Å². The van der Waals surface area contributed by atoms with Crippen LogP contribution in [0.5, 0.6) is 0 Å². The second-order valence-corrected chi connectivity index (χ2v) is 5.10. The van der Waals surface area contributed by atoms with Gasteiger partial charge in [-0.05, 0) is 24.3 Å². The molecule has 20 heavy (non-hydrogen) atoms. The van der Waals surface area contributed by atoms with E-state index in [1.807, 2.05) is 0 Å². The van der Waals surface area contributed by atoms with Gasteiger partial charge >= 0.3 is 0 Å². The first-order chi connectivity index (χ1) is 9.40. The van der Waals surface area contributed by atoms with Crippen molar-refractivity contribution in [3.8, 4) is 0 Å². The molecule has 0 saturated heterocycles. The van der Waals surface area contributed by atoms with Gasteiger partial charge in [0.25, 0.3) is 5.91 Å². The average molecular weight is 334 g/mol. The molecule has 7 heteroatoms. The van der Waals surface area contributed by atoms with Crippen molar-refractivity contribution in [3.63, 3.8) is 0 Å². The maximum atomic E-state index is 13.6. The van der Waals surface area contributed by atoms with Crippen LogP contribution in [0.15, 0.2) is 30.3 Å². The third kappa shape index (κ3) is 2.98. The summed E-state index contributed by atoms with van der Waals surface area (Å²) in [6.07, 6.45) is 0. The number of carbonyl (C=O) groups is 1. The van der Waals surface area contributed by atoms with Gasteiger partial charge in [-0.3, -0.25) is 4.79 Å². The van der Waals surface area contributed by atoms with Crippen molar-refractivity contribution in [2.75, 3.05) is 11.1 Å². The van der Waals surface area contributed by atoms with Crippen LogP contribution in [0.25, 0.3) is 0 Å². The lowest BCUT2D eigenvalue weighted by Crippen LogP contribution is -2.14. The van der Waals surface area contributed by atoms with Gasteiger partial charge in [-0.2, -0.15) is 0 Å². The molecule has 2 aromatic rings. The molecule has 0 radical (unpaired) electrons. The van der Waals surface area contributed by atoms with Crippen molar-refractivity contribution in [1.82, 2.24) is 0 Å². The Balaban J connectivity index is 2.34. The van der Waals surface area contributed by atoms with Crippen molar-refractivity contribution >= 4 is 52.1 Å². The monoisotopic (exact) mass is 332 g/mol. The molecule has 0 aromatic heterocycles. The van der Waals surface area contributed by atoms with E-state index in [9.17, 15) is 9.18 Å². The molecular formula is C13H8Cl3FN2O. The quantitative estimate of drug-likeness (QED) is 0.788. The van der Waals surface area contributed by atoms with Gasteiger partial charge < -0.3 is 11.1 Å². The highest BCUT2D eigenvalue weighted by molar-refractivity contribution is 6.44. The van der Waals surface area contributed by atoms with E-state index in [0.717, 1.165) is 0 Å². The average Bonchev–Trinajstić information content (AvgIpc) is 2.39. The minimum atomic E-state index is -0.640. The topological polar surface area (TPSA) is 55.1 Å². The second kappa shape index (κ2) is 5.87. The molecule has 0 atom stereocenters. The first kappa shape index (κ1) is 14.9. The maximum absolute atomic E-state index is 13.6. The Morgan fingerprint density at radius 2 is 1.85 bits per heavy atom. The lowest BCUT2D eigenvalue weighted by Gasteiger charge is -2.10. The van der Waals surface area contributed by atoms with E-state index in [4.69, 9.17) is 40.5 Å². The summed E-state index contributed by atoms with van der Waals surface area (Å²) in [5.74, 6) is -1.24. The molecule has 3 nitrogen and oxygen atoms in total. The number of nitrogens with two attached hydrogens (primary N) is 1. The van der Waals surface area contributed by atoms with Gasteiger partial charge in [-0.1, -0.05) is 40.9 Å². The fraction of sp³-hybridized carbons (Fsp3) is 0. The molecule has 104 valence electrons. The van der Waals surface area contributed by atoms with Gasteiger partial charge in [-0.15, -0.1) is 0 Å². The molecular weight excluding hydrogens is 326 g/mol. The van der Waals surface area contributed by atoms with Gasteiger partial charge in [0.1, 0.15) is 5.82 Å². The number of anilines is 2. The summed E-state index contributed by atoms with van der Waals surface area (Å²) in [7, 11) is 0. The van der Waals surface area contributed by atoms with Crippen molar-refractivity contribution in [3.05, 3.63) is 56.8 Å². The first-order valence-electron chi connectivity index (χ1n) is 5.40. The van der Waals surface area contributed by atoms with Crippen LogP contribution < -0.4 is 11.1 Å². The van der Waals surface area contributed by atoms with E-state index in [-0.39, 0.29) is 32.0 Å². The van der Waals surface area contributed by atoms with Crippen molar-refractivity contribution < 1.29 is 9.18 Å². The number of rotatable bonds is 2. The fourth-order valence-corrected chi connectivity index (χ4v) is 2.09. The highest BCUT2D eigenvalue weighted by Gasteiger charge is 2.15. The summed E-state index contributed by atoms with van der Waals surface area (Å²) >= 11 is 17.5. The number of hydrogen-bond acceptors (Lipinski definition) is 2. The highest BCUT2D eigenvalue weighted by atomic mass is 35.5. The van der Waals surface area contributed by atoms with Gasteiger partial charge in [-0.25, -0.2) is 4.39 Å². The molecule has 0 fully saturated rings. The summed E-state index contributed by atoms with van der Waals surface area (Å²) in [6.45, 7) is 0. The summed E-state index contributed by atoms with van der Waals surface area (Å²) in [5.41, 5.74) is 5.81. The molecule has 0 bridgehead atoms. The number of nitrogens with one attached hydrogen (secondary N) is 1. The molecule has 2 aromatic carbocycles. The van der Waals surface area contributed by atoms with Crippen LogP contribution in [0.4, 0.5) is 15.8 Å². The minimum absolute atomic E-state index is 0.0892. The number of hydrogen-bond donors (Lipinski definition) is 2. The number of nitrogen functional groups attached to an aromatic ring is 1. The van der Waals surface area contributed by atoms with E-state index >= 15 is 0 Å². The second-order valence-electron chi connectivity index (χ2n) is 3.91. The number of halogens is 4. The largest absolute Gasteiger partial charge is 0.397 e. The van der Waals surface area contributed by atoms with E-state index in [0.29, 0.717) is 0 Å². The Morgan fingerprint density at radius 1 is 1.15 bits per heavy atom. The van der Waals surface area contributed by atoms with E-state index in [1.54, 1.807) is 0 Å². The van der Waals surface area contributed by atoms with E-state index < -0.39 is 11.7 Å². The maximum Gasteiger partial charge on any atom is 0.255 e. The van der Waals surface area contributed by atoms with E-state index in [1.165, 1.54) is 30.3 Å². The van der Waals surface area contributed by atoms with Gasteiger partial charge in [0.2, 0.25) is 0 Å². The molecule has 0 spiro atoms. The smallest absolute Gasteiger partial charge is 0.255 e. The zero-order valence-electron chi connectivity index (χ0n) is 9.88. The number of carbonyl (C=O) groups excluding carboxylic acids is 1. The summed E-state index contributed by atoms with van der Waals surface area (Å²) in [5, 5.41) is 2.75. The SMILES string of the molecule is Nc1cc(C(=O)Nc2c(F)cccc2Cl)cc(Cl)c1Cl. The Hall–Kier alpha value is -1.49. The molecule has 0 aliphatic heterocycles. The Labute approximate surface area is 129 Å². The van der Waals surface area contributed by atoms with Crippen LogP contribution >= 0.6 is 34.8 Å². The van der Waals surface area contributed by atoms with Gasteiger partial charge in [0.15, 0.2) is 0 Å². The molecule has 3 N–H and O–H groups in total. The Bertz CT molecular complexity index is 648. The molecule has 2 rings (SSSR count). The van der Waals surface area contributed by atoms with Crippen molar-refractivity contribution in [2.24, 2.45) is 0 Å². The standard InChI is InChI=1S/C13H8Cl3FN2O/c14-7-2-1-3-9(17)12(7)19-13(20)6-4-8(15)11(16)10(18)5-6/h1-5H,18H2,(H,19,20). The van der Waals surface area contributed by atoms with Crippen molar-refractivity contribution in [2.45, 2.75) is 0 Å². The predicted octanol–water partition coefficient (Wildman–Crippen LogP) is 4.62. The minimum Gasteiger partial charge on any atom is -0.397 e. The van der Waals surface area contributed by atoms with Gasteiger partial charge in [0.05, 0.1) is 26.4 Å². The number of para-hydroxylation sites is 1. The molecule has 0 aliphatic rings. The van der Waals surface area contributed by atoms with Crippen LogP contribution in [0.2, 0.25) is 15.1 Å². The summed E-state index contributed by atoms with van der Waals surface area (Å²) in [6, 6.07) is 6.77. The molecule has 0 heterocycles. The van der Waals surface area contributed by atoms with E-state index in [2.05, 4.69) is 5.32 Å². The zero-order valence-corrected chi connectivity index (χ0v) is 12.2. The van der Waals surface area contributed by atoms with Crippen molar-refractivity contribution in [1.29, 1.82) is 0 Å². The van der Waals surface area contributed by atoms with Crippen LogP contribution in [0, 0.1) is 5.82 Å². The Kier molecular flexibility index (Phi) is 4.38. The third-order valence-corrected chi connectivity index (χ3v) is 3.65. The van der Waals surface area contributed by atoms with Crippen LogP contribution in [0.3, 0.4) is 0 Å². The molecule has 0 aliphatic carbocycles.